The minimum absolute atomic E-state index is 0.106. The highest BCUT2D eigenvalue weighted by molar-refractivity contribution is 5.77. The van der Waals surface area contributed by atoms with E-state index in [-0.39, 0.29) is 17.6 Å². The van der Waals surface area contributed by atoms with Crippen LogP contribution in [-0.2, 0) is 17.9 Å². The molecule has 0 saturated carbocycles. The van der Waals surface area contributed by atoms with Crippen LogP contribution in [0.1, 0.15) is 17.5 Å². The summed E-state index contributed by atoms with van der Waals surface area (Å²) in [4.78, 5) is 13.1. The first-order valence-corrected chi connectivity index (χ1v) is 6.09. The van der Waals surface area contributed by atoms with Crippen LogP contribution < -0.4 is 11.5 Å². The number of hydrogen-bond acceptors (Lipinski definition) is 3. The Bertz CT molecular complexity index is 450. The average Bonchev–Trinajstić information content (AvgIpc) is 2.81. The molecule has 0 aromatic heterocycles. The van der Waals surface area contributed by atoms with Crippen LogP contribution >= 0.6 is 0 Å². The van der Waals surface area contributed by atoms with Crippen LogP contribution in [0.5, 0.6) is 0 Å². The zero-order valence-corrected chi connectivity index (χ0v) is 10.2. The smallest absolute Gasteiger partial charge is 0.221 e. The lowest BCUT2D eigenvalue weighted by molar-refractivity contribution is -0.121. The maximum atomic E-state index is 13.7. The molecule has 18 heavy (non-hydrogen) atoms. The number of rotatable bonds is 4. The SMILES string of the molecule is NCc1ccc(F)c(CN2CCC(C(N)=O)C2)c1. The van der Waals surface area contributed by atoms with Gasteiger partial charge in [-0.1, -0.05) is 12.1 Å². The highest BCUT2D eigenvalue weighted by atomic mass is 19.1. The van der Waals surface area contributed by atoms with Gasteiger partial charge in [0.05, 0.1) is 5.92 Å². The van der Waals surface area contributed by atoms with Gasteiger partial charge in [0.25, 0.3) is 0 Å². The minimum Gasteiger partial charge on any atom is -0.369 e. The van der Waals surface area contributed by atoms with Crippen molar-refractivity contribution in [1.29, 1.82) is 0 Å². The maximum absolute atomic E-state index is 13.7. The van der Waals surface area contributed by atoms with Crippen molar-refractivity contribution in [3.05, 3.63) is 35.1 Å². The summed E-state index contributed by atoms with van der Waals surface area (Å²) in [5.74, 6) is -0.603. The number of carbonyl (C=O) groups excluding carboxylic acids is 1. The van der Waals surface area contributed by atoms with Crippen LogP contribution in [0.25, 0.3) is 0 Å². The quantitative estimate of drug-likeness (QED) is 0.822. The van der Waals surface area contributed by atoms with Crippen LogP contribution in [0, 0.1) is 11.7 Å². The summed E-state index contributed by atoms with van der Waals surface area (Å²) in [7, 11) is 0. The second-order valence-corrected chi connectivity index (χ2v) is 4.75. The van der Waals surface area contributed by atoms with E-state index in [1.54, 1.807) is 12.1 Å². The predicted molar refractivity (Wildman–Crippen MR) is 66.9 cm³/mol. The molecule has 1 aliphatic rings. The summed E-state index contributed by atoms with van der Waals surface area (Å²) in [5, 5.41) is 0. The van der Waals surface area contributed by atoms with Gasteiger partial charge in [0.15, 0.2) is 0 Å². The van der Waals surface area contributed by atoms with Gasteiger partial charge in [0.2, 0.25) is 5.91 Å². The maximum Gasteiger partial charge on any atom is 0.221 e. The molecule has 1 aromatic rings. The summed E-state index contributed by atoms with van der Waals surface area (Å²) in [6, 6.07) is 4.92. The Morgan fingerprint density at radius 1 is 1.50 bits per heavy atom. The standard InChI is InChI=1S/C13H18FN3O/c14-12-2-1-9(6-15)5-11(12)8-17-4-3-10(7-17)13(16)18/h1-2,5,10H,3-4,6-8,15H2,(H2,16,18). The molecule has 2 rings (SSSR count). The molecular weight excluding hydrogens is 233 g/mol. The van der Waals surface area contributed by atoms with Crippen LogP contribution in [0.3, 0.4) is 0 Å². The fraction of sp³-hybridized carbons (Fsp3) is 0.462. The van der Waals surface area contributed by atoms with E-state index < -0.39 is 0 Å². The predicted octanol–water partition coefficient (Wildman–Crippen LogP) is 0.592. The number of hydrogen-bond donors (Lipinski definition) is 2. The lowest BCUT2D eigenvalue weighted by atomic mass is 10.1. The van der Waals surface area contributed by atoms with E-state index in [4.69, 9.17) is 11.5 Å². The first-order valence-electron chi connectivity index (χ1n) is 6.09. The zero-order valence-electron chi connectivity index (χ0n) is 10.2. The van der Waals surface area contributed by atoms with E-state index in [9.17, 15) is 9.18 Å². The monoisotopic (exact) mass is 251 g/mol. The Morgan fingerprint density at radius 2 is 2.28 bits per heavy atom. The van der Waals surface area contributed by atoms with Crippen molar-refractivity contribution in [2.75, 3.05) is 13.1 Å². The van der Waals surface area contributed by atoms with Gasteiger partial charge in [-0.25, -0.2) is 4.39 Å². The minimum atomic E-state index is -0.270. The molecule has 1 atom stereocenters. The summed E-state index contributed by atoms with van der Waals surface area (Å²) in [6.45, 7) is 2.29. The molecule has 4 nitrogen and oxygen atoms in total. The second-order valence-electron chi connectivity index (χ2n) is 4.75. The number of nitrogens with two attached hydrogens (primary N) is 2. The summed E-state index contributed by atoms with van der Waals surface area (Å²) in [5.41, 5.74) is 12.4. The highest BCUT2D eigenvalue weighted by Crippen LogP contribution is 2.20. The van der Waals surface area contributed by atoms with Gasteiger partial charge in [0, 0.05) is 25.2 Å². The second kappa shape index (κ2) is 5.46. The van der Waals surface area contributed by atoms with Crippen LogP contribution in [0.2, 0.25) is 0 Å². The molecule has 1 saturated heterocycles. The van der Waals surface area contributed by atoms with Gasteiger partial charge in [-0.2, -0.15) is 0 Å². The summed E-state index contributed by atoms with van der Waals surface area (Å²) in [6.07, 6.45) is 0.757. The first-order chi connectivity index (χ1) is 8.60. The molecule has 98 valence electrons. The van der Waals surface area contributed by atoms with E-state index in [0.717, 1.165) is 18.5 Å². The number of nitrogens with zero attached hydrogens (tertiary/aromatic N) is 1. The third-order valence-electron chi connectivity index (χ3n) is 3.41. The number of benzene rings is 1. The Kier molecular flexibility index (Phi) is 3.93. The van der Waals surface area contributed by atoms with Crippen molar-refractivity contribution >= 4 is 5.91 Å². The summed E-state index contributed by atoms with van der Waals surface area (Å²) < 4.78 is 13.7. The topological polar surface area (TPSA) is 72.3 Å². The fourth-order valence-corrected chi connectivity index (χ4v) is 2.33. The molecule has 1 unspecified atom stereocenters. The summed E-state index contributed by atoms with van der Waals surface area (Å²) >= 11 is 0. The van der Waals surface area contributed by atoms with Gasteiger partial charge >= 0.3 is 0 Å². The van der Waals surface area contributed by atoms with E-state index in [2.05, 4.69) is 0 Å². The molecule has 5 heteroatoms. The van der Waals surface area contributed by atoms with Gasteiger partial charge in [-0.15, -0.1) is 0 Å². The van der Waals surface area contributed by atoms with E-state index in [1.807, 2.05) is 4.90 Å². The molecule has 0 spiro atoms. The van der Waals surface area contributed by atoms with Crippen molar-refractivity contribution in [3.8, 4) is 0 Å². The van der Waals surface area contributed by atoms with Crippen molar-refractivity contribution in [2.45, 2.75) is 19.5 Å². The normalized spacial score (nSPS) is 20.2. The molecule has 1 aliphatic heterocycles. The fourth-order valence-electron chi connectivity index (χ4n) is 2.33. The number of halogens is 1. The Labute approximate surface area is 106 Å². The third kappa shape index (κ3) is 2.86. The lowest BCUT2D eigenvalue weighted by Gasteiger charge is -2.16. The van der Waals surface area contributed by atoms with Crippen molar-refractivity contribution in [2.24, 2.45) is 17.4 Å². The van der Waals surface area contributed by atoms with Crippen molar-refractivity contribution < 1.29 is 9.18 Å². The van der Waals surface area contributed by atoms with Crippen LogP contribution in [-0.4, -0.2) is 23.9 Å². The Hall–Kier alpha value is -1.46. The Morgan fingerprint density at radius 3 is 2.89 bits per heavy atom. The average molecular weight is 251 g/mol. The van der Waals surface area contributed by atoms with Gasteiger partial charge in [0.1, 0.15) is 5.82 Å². The molecule has 1 aromatic carbocycles. The highest BCUT2D eigenvalue weighted by Gasteiger charge is 2.26. The largest absolute Gasteiger partial charge is 0.369 e. The lowest BCUT2D eigenvalue weighted by Crippen LogP contribution is -2.27. The molecular formula is C13H18FN3O. The molecule has 0 aliphatic carbocycles. The number of carbonyl (C=O) groups is 1. The third-order valence-corrected chi connectivity index (χ3v) is 3.41. The van der Waals surface area contributed by atoms with Gasteiger partial charge in [-0.05, 0) is 24.6 Å². The molecule has 4 N–H and O–H groups in total. The zero-order chi connectivity index (χ0) is 13.1. The number of amides is 1. The molecule has 0 radical (unpaired) electrons. The number of likely N-dealkylation sites (tertiary alicyclic amines) is 1. The van der Waals surface area contributed by atoms with E-state index >= 15 is 0 Å². The van der Waals surface area contributed by atoms with Gasteiger partial charge < -0.3 is 11.5 Å². The first kappa shape index (κ1) is 13.0. The Balaban J connectivity index is 2.04. The molecule has 1 heterocycles. The molecule has 1 amide bonds. The number of primary amides is 1. The van der Waals surface area contributed by atoms with Crippen molar-refractivity contribution in [3.63, 3.8) is 0 Å². The van der Waals surface area contributed by atoms with Crippen molar-refractivity contribution in [1.82, 2.24) is 4.90 Å². The van der Waals surface area contributed by atoms with Crippen LogP contribution in [0.4, 0.5) is 4.39 Å². The van der Waals surface area contributed by atoms with Crippen LogP contribution in [0.15, 0.2) is 18.2 Å². The molecule has 1 fully saturated rings. The van der Waals surface area contributed by atoms with E-state index in [1.165, 1.54) is 6.07 Å². The van der Waals surface area contributed by atoms with Gasteiger partial charge in [-0.3, -0.25) is 9.69 Å². The van der Waals surface area contributed by atoms with E-state index in [0.29, 0.717) is 25.2 Å². The molecule has 0 bridgehead atoms.